The normalized spacial score (nSPS) is 13.9. The van der Waals surface area contributed by atoms with E-state index in [1.54, 1.807) is 25.1 Å². The first-order valence-corrected chi connectivity index (χ1v) is 13.9. The molecule has 7 aromatic rings. The second-order valence-electron chi connectivity index (χ2n) is 10.4. The topological polar surface area (TPSA) is 88.6 Å². The molecular formula is C34H26N6O3. The highest BCUT2D eigenvalue weighted by atomic mass is 16.5. The van der Waals surface area contributed by atoms with Crippen LogP contribution in [0.3, 0.4) is 0 Å². The van der Waals surface area contributed by atoms with Crippen LogP contribution in [0.25, 0.3) is 33.5 Å². The lowest BCUT2D eigenvalue weighted by molar-refractivity contribution is 0.354. The van der Waals surface area contributed by atoms with Gasteiger partial charge in [-0.05, 0) is 47.5 Å². The van der Waals surface area contributed by atoms with Crippen molar-refractivity contribution in [3.05, 3.63) is 120 Å². The predicted octanol–water partition coefficient (Wildman–Crippen LogP) is 6.74. The fourth-order valence-electron chi connectivity index (χ4n) is 6.02. The van der Waals surface area contributed by atoms with Crippen LogP contribution in [0.4, 0.5) is 0 Å². The number of aryl methyl sites for hydroxylation is 1. The third-order valence-corrected chi connectivity index (χ3v) is 7.99. The Hall–Kier alpha value is -5.70. The molecule has 0 saturated carbocycles. The number of benzene rings is 4. The molecule has 43 heavy (non-hydrogen) atoms. The van der Waals surface area contributed by atoms with Gasteiger partial charge in [0.15, 0.2) is 23.0 Å². The Labute approximate surface area is 246 Å². The van der Waals surface area contributed by atoms with Crippen LogP contribution < -0.4 is 14.2 Å². The second-order valence-corrected chi connectivity index (χ2v) is 10.4. The van der Waals surface area contributed by atoms with E-state index in [2.05, 4.69) is 18.2 Å². The van der Waals surface area contributed by atoms with Crippen molar-refractivity contribution in [2.45, 2.75) is 12.8 Å². The number of hydrogen-bond acceptors (Lipinski definition) is 7. The number of para-hydroxylation sites is 1. The van der Waals surface area contributed by atoms with Gasteiger partial charge in [0.25, 0.3) is 0 Å². The van der Waals surface area contributed by atoms with Gasteiger partial charge in [-0.3, -0.25) is 0 Å². The summed E-state index contributed by atoms with van der Waals surface area (Å²) in [6, 6.07) is 30.3. The Bertz CT molecular complexity index is 2160. The lowest BCUT2D eigenvalue weighted by atomic mass is 9.84. The minimum Gasteiger partial charge on any atom is -0.493 e. The van der Waals surface area contributed by atoms with Gasteiger partial charge >= 0.3 is 0 Å². The summed E-state index contributed by atoms with van der Waals surface area (Å²) in [6.45, 7) is 2.00. The van der Waals surface area contributed by atoms with Gasteiger partial charge in [-0.1, -0.05) is 66.7 Å². The minimum absolute atomic E-state index is 0.322. The van der Waals surface area contributed by atoms with Gasteiger partial charge in [0.05, 0.1) is 42.6 Å². The zero-order chi connectivity index (χ0) is 29.1. The van der Waals surface area contributed by atoms with E-state index in [1.165, 1.54) is 0 Å². The summed E-state index contributed by atoms with van der Waals surface area (Å²) >= 11 is 0. The smallest absolute Gasteiger partial charge is 0.230 e. The van der Waals surface area contributed by atoms with Crippen LogP contribution >= 0.6 is 0 Å². The van der Waals surface area contributed by atoms with E-state index < -0.39 is 0 Å². The summed E-state index contributed by atoms with van der Waals surface area (Å²) < 4.78 is 21.4. The lowest BCUT2D eigenvalue weighted by Gasteiger charge is -2.26. The van der Waals surface area contributed by atoms with Crippen molar-refractivity contribution in [1.82, 2.24) is 29.4 Å². The Kier molecular flexibility index (Phi) is 5.65. The molecule has 4 heterocycles. The fourth-order valence-corrected chi connectivity index (χ4v) is 6.02. The molecule has 1 aliphatic rings. The standard InChI is InChI=1S/C34H26N6O3/c1-20-28-29(22-16-17-26(41-2)27(18-22)42-3)30-32-36-31(25-15-9-11-21-10-7-8-14-24(21)25)38-39(32)19-35-33(30)43-34(28)40(37-20)23-12-5-4-6-13-23/h4-19,29H,1-3H3. The van der Waals surface area contributed by atoms with Crippen LogP contribution in [0.5, 0.6) is 23.3 Å². The van der Waals surface area contributed by atoms with Crippen LogP contribution in [-0.2, 0) is 0 Å². The minimum atomic E-state index is -0.322. The van der Waals surface area contributed by atoms with Crippen molar-refractivity contribution in [2.24, 2.45) is 0 Å². The Morgan fingerprint density at radius 1 is 0.791 bits per heavy atom. The molecule has 0 spiro atoms. The largest absolute Gasteiger partial charge is 0.493 e. The van der Waals surface area contributed by atoms with E-state index in [-0.39, 0.29) is 5.92 Å². The highest BCUT2D eigenvalue weighted by Gasteiger charge is 2.38. The first-order valence-electron chi connectivity index (χ1n) is 13.9. The van der Waals surface area contributed by atoms with E-state index in [0.29, 0.717) is 34.7 Å². The number of methoxy groups -OCH3 is 2. The lowest BCUT2D eigenvalue weighted by Crippen LogP contribution is -2.16. The van der Waals surface area contributed by atoms with E-state index in [4.69, 9.17) is 34.4 Å². The van der Waals surface area contributed by atoms with E-state index in [1.807, 2.05) is 84.4 Å². The summed E-state index contributed by atoms with van der Waals surface area (Å²) in [6.07, 6.45) is 1.66. The zero-order valence-electron chi connectivity index (χ0n) is 23.7. The quantitative estimate of drug-likeness (QED) is 0.228. The molecule has 3 aromatic heterocycles. The van der Waals surface area contributed by atoms with Gasteiger partial charge in [0.2, 0.25) is 11.8 Å². The fraction of sp³-hybridized carbons (Fsp3) is 0.118. The Balaban J connectivity index is 1.39. The Morgan fingerprint density at radius 3 is 2.42 bits per heavy atom. The van der Waals surface area contributed by atoms with E-state index in [9.17, 15) is 0 Å². The summed E-state index contributed by atoms with van der Waals surface area (Å²) in [7, 11) is 3.27. The number of fused-ring (bicyclic) bond motifs is 5. The molecule has 8 rings (SSSR count). The maximum Gasteiger partial charge on any atom is 0.230 e. The third-order valence-electron chi connectivity index (χ3n) is 7.99. The monoisotopic (exact) mass is 566 g/mol. The molecular weight excluding hydrogens is 540 g/mol. The average Bonchev–Trinajstić information content (AvgIpc) is 3.64. The summed E-state index contributed by atoms with van der Waals surface area (Å²) in [5.41, 5.74) is 6.02. The van der Waals surface area contributed by atoms with Crippen molar-refractivity contribution in [3.8, 4) is 40.3 Å². The van der Waals surface area contributed by atoms with Crippen molar-refractivity contribution >= 4 is 16.4 Å². The first-order chi connectivity index (χ1) is 21.1. The first kappa shape index (κ1) is 25.0. The number of aromatic nitrogens is 6. The van der Waals surface area contributed by atoms with Crippen LogP contribution in [-0.4, -0.2) is 43.6 Å². The predicted molar refractivity (Wildman–Crippen MR) is 163 cm³/mol. The Morgan fingerprint density at radius 2 is 1.58 bits per heavy atom. The van der Waals surface area contributed by atoms with E-state index in [0.717, 1.165) is 44.4 Å². The summed E-state index contributed by atoms with van der Waals surface area (Å²) in [5.74, 6) is 2.63. The van der Waals surface area contributed by atoms with Crippen LogP contribution in [0, 0.1) is 6.92 Å². The number of hydrogen-bond donors (Lipinski definition) is 0. The van der Waals surface area contributed by atoms with Crippen LogP contribution in [0.2, 0.25) is 0 Å². The summed E-state index contributed by atoms with van der Waals surface area (Å²) in [4.78, 5) is 9.87. The molecule has 1 aliphatic heterocycles. The molecule has 0 amide bonds. The molecule has 0 bridgehead atoms. The molecule has 210 valence electrons. The number of ether oxygens (including phenoxy) is 3. The van der Waals surface area contributed by atoms with E-state index >= 15 is 0 Å². The number of nitrogens with zero attached hydrogens (tertiary/aromatic N) is 6. The SMILES string of the molecule is COc1ccc(C2c3c(C)nn(-c4ccccc4)c3Oc3ncn4nc(-c5cccc6ccccc56)nc4c32)cc1OC. The third kappa shape index (κ3) is 3.85. The van der Waals surface area contributed by atoms with Crippen LogP contribution in [0.1, 0.15) is 28.3 Å². The molecule has 0 radical (unpaired) electrons. The molecule has 0 N–H and O–H groups in total. The van der Waals surface area contributed by atoms with Crippen molar-refractivity contribution < 1.29 is 14.2 Å². The molecule has 9 nitrogen and oxygen atoms in total. The molecule has 0 aliphatic carbocycles. The average molecular weight is 567 g/mol. The molecule has 0 fully saturated rings. The van der Waals surface area contributed by atoms with Crippen molar-refractivity contribution in [1.29, 1.82) is 0 Å². The van der Waals surface area contributed by atoms with Gasteiger partial charge in [-0.15, -0.1) is 5.10 Å². The van der Waals surface area contributed by atoms with Gasteiger partial charge in [0, 0.05) is 5.56 Å². The van der Waals surface area contributed by atoms with Crippen LogP contribution in [0.15, 0.2) is 97.3 Å². The summed E-state index contributed by atoms with van der Waals surface area (Å²) in [5, 5.41) is 12.0. The highest BCUT2D eigenvalue weighted by Crippen LogP contribution is 2.50. The van der Waals surface area contributed by atoms with Crippen molar-refractivity contribution in [2.75, 3.05) is 14.2 Å². The van der Waals surface area contributed by atoms with Gasteiger partial charge in [0.1, 0.15) is 6.33 Å². The molecule has 9 heteroatoms. The van der Waals surface area contributed by atoms with Crippen molar-refractivity contribution in [3.63, 3.8) is 0 Å². The second kappa shape index (κ2) is 9.70. The maximum atomic E-state index is 6.58. The number of rotatable bonds is 5. The molecule has 0 saturated heterocycles. The van der Waals surface area contributed by atoms with Gasteiger partial charge in [-0.2, -0.15) is 5.10 Å². The van der Waals surface area contributed by atoms with Gasteiger partial charge < -0.3 is 14.2 Å². The van der Waals surface area contributed by atoms with Gasteiger partial charge in [-0.25, -0.2) is 19.2 Å². The zero-order valence-corrected chi connectivity index (χ0v) is 23.7. The molecule has 4 aromatic carbocycles. The highest BCUT2D eigenvalue weighted by molar-refractivity contribution is 5.95. The molecule has 1 atom stereocenters. The maximum absolute atomic E-state index is 6.58. The molecule has 1 unspecified atom stereocenters.